The first kappa shape index (κ1) is 20.6. The smallest absolute Gasteiger partial charge is 0.341 e. The molecule has 4 rings (SSSR count). The molecule has 1 heterocycles. The van der Waals surface area contributed by atoms with Crippen LogP contribution in [0.25, 0.3) is 11.1 Å². The molecule has 0 saturated carbocycles. The highest BCUT2D eigenvalue weighted by Crippen LogP contribution is 2.38. The molecule has 30 heavy (non-hydrogen) atoms. The van der Waals surface area contributed by atoms with Crippen molar-refractivity contribution in [3.63, 3.8) is 0 Å². The van der Waals surface area contributed by atoms with Gasteiger partial charge in [-0.1, -0.05) is 41.9 Å². The summed E-state index contributed by atoms with van der Waals surface area (Å²) in [6.45, 7) is 2.03. The second kappa shape index (κ2) is 9.02. The second-order valence-electron chi connectivity index (χ2n) is 7.20. The summed E-state index contributed by atoms with van der Waals surface area (Å²) in [4.78, 5) is 25.6. The molecule has 0 fully saturated rings. The number of rotatable bonds is 5. The lowest BCUT2D eigenvalue weighted by atomic mass is 9.89. The molecule has 0 radical (unpaired) electrons. The summed E-state index contributed by atoms with van der Waals surface area (Å²) in [6.07, 6.45) is 4.56. The molecule has 1 aliphatic carbocycles. The summed E-state index contributed by atoms with van der Waals surface area (Å²) in [7, 11) is 0. The topological polar surface area (TPSA) is 55.4 Å². The summed E-state index contributed by atoms with van der Waals surface area (Å²) in [6, 6.07) is 13.2. The van der Waals surface area contributed by atoms with E-state index in [1.165, 1.54) is 35.3 Å². The Bertz CT molecular complexity index is 1110. The maximum atomic E-state index is 12.8. The van der Waals surface area contributed by atoms with Gasteiger partial charge in [0.05, 0.1) is 17.2 Å². The van der Waals surface area contributed by atoms with Gasteiger partial charge in [0.25, 0.3) is 5.91 Å². The Morgan fingerprint density at radius 3 is 2.63 bits per heavy atom. The van der Waals surface area contributed by atoms with Gasteiger partial charge in [-0.15, -0.1) is 11.3 Å². The van der Waals surface area contributed by atoms with Crippen molar-refractivity contribution in [2.24, 2.45) is 0 Å². The van der Waals surface area contributed by atoms with Crippen LogP contribution >= 0.6 is 22.9 Å². The molecule has 6 heteroatoms. The van der Waals surface area contributed by atoms with Crippen molar-refractivity contribution in [2.75, 3.05) is 11.9 Å². The van der Waals surface area contributed by atoms with Crippen LogP contribution in [0.1, 0.15) is 51.6 Å². The number of aryl methyl sites for hydroxylation is 2. The van der Waals surface area contributed by atoms with Crippen molar-refractivity contribution >= 4 is 39.8 Å². The van der Waals surface area contributed by atoms with Crippen LogP contribution in [0.5, 0.6) is 0 Å². The van der Waals surface area contributed by atoms with Gasteiger partial charge in [-0.25, -0.2) is 4.79 Å². The van der Waals surface area contributed by atoms with E-state index in [1.54, 1.807) is 31.2 Å². The third-order valence-electron chi connectivity index (χ3n) is 5.28. The predicted octanol–water partition coefficient (Wildman–Crippen LogP) is 6.38. The number of halogens is 1. The van der Waals surface area contributed by atoms with E-state index in [0.717, 1.165) is 24.0 Å². The van der Waals surface area contributed by atoms with Crippen LogP contribution in [0.4, 0.5) is 5.00 Å². The predicted molar refractivity (Wildman–Crippen MR) is 122 cm³/mol. The fourth-order valence-electron chi connectivity index (χ4n) is 3.79. The van der Waals surface area contributed by atoms with Crippen molar-refractivity contribution in [2.45, 2.75) is 32.6 Å². The van der Waals surface area contributed by atoms with Gasteiger partial charge in [0.2, 0.25) is 0 Å². The fraction of sp³-hybridized carbons (Fsp3) is 0.250. The number of hydrogen-bond donors (Lipinski definition) is 1. The normalized spacial score (nSPS) is 12.9. The second-order valence-corrected chi connectivity index (χ2v) is 8.49. The SMILES string of the molecule is CCOC(=O)c1c(-c2ccc3c(c2)CCCC3)csc1NC(=O)c1ccccc1Cl. The van der Waals surface area contributed by atoms with Crippen LogP contribution < -0.4 is 5.32 Å². The number of benzene rings is 2. The first-order valence-corrected chi connectivity index (χ1v) is 11.3. The Morgan fingerprint density at radius 2 is 1.87 bits per heavy atom. The van der Waals surface area contributed by atoms with E-state index >= 15 is 0 Å². The zero-order valence-electron chi connectivity index (χ0n) is 16.7. The summed E-state index contributed by atoms with van der Waals surface area (Å²) >= 11 is 7.47. The highest BCUT2D eigenvalue weighted by molar-refractivity contribution is 7.15. The molecular weight excluding hydrogens is 418 g/mol. The van der Waals surface area contributed by atoms with Gasteiger partial charge in [0, 0.05) is 10.9 Å². The molecule has 2 aromatic carbocycles. The van der Waals surface area contributed by atoms with E-state index in [2.05, 4.69) is 23.5 Å². The molecule has 1 aliphatic rings. The zero-order valence-corrected chi connectivity index (χ0v) is 18.2. The Hall–Kier alpha value is -2.63. The first-order chi connectivity index (χ1) is 14.6. The quantitative estimate of drug-likeness (QED) is 0.469. The van der Waals surface area contributed by atoms with Gasteiger partial charge in [0.1, 0.15) is 10.6 Å². The van der Waals surface area contributed by atoms with Crippen LogP contribution in [-0.4, -0.2) is 18.5 Å². The molecule has 0 aliphatic heterocycles. The van der Waals surface area contributed by atoms with Gasteiger partial charge >= 0.3 is 5.97 Å². The van der Waals surface area contributed by atoms with E-state index < -0.39 is 5.97 Å². The Morgan fingerprint density at radius 1 is 1.10 bits per heavy atom. The average molecular weight is 440 g/mol. The summed E-state index contributed by atoms with van der Waals surface area (Å²) in [5, 5.41) is 5.58. The van der Waals surface area contributed by atoms with Crippen LogP contribution in [0, 0.1) is 0 Å². The molecule has 3 aromatic rings. The van der Waals surface area contributed by atoms with E-state index in [1.807, 2.05) is 5.38 Å². The number of amides is 1. The Labute approximate surface area is 184 Å². The van der Waals surface area contributed by atoms with Crippen LogP contribution in [0.2, 0.25) is 5.02 Å². The van der Waals surface area contributed by atoms with Crippen molar-refractivity contribution in [1.82, 2.24) is 0 Å². The van der Waals surface area contributed by atoms with Gasteiger partial charge < -0.3 is 10.1 Å². The van der Waals surface area contributed by atoms with Crippen LogP contribution in [0.3, 0.4) is 0 Å². The fourth-order valence-corrected chi connectivity index (χ4v) is 4.96. The van der Waals surface area contributed by atoms with E-state index in [4.69, 9.17) is 16.3 Å². The minimum absolute atomic E-state index is 0.260. The molecule has 0 unspecified atom stereocenters. The standard InChI is InChI=1S/C24H22ClNO3S/c1-2-29-24(28)21-19(17-12-11-15-7-3-4-8-16(15)13-17)14-30-23(21)26-22(27)18-9-5-6-10-20(18)25/h5-6,9-14H,2-4,7-8H2,1H3,(H,26,27). The molecule has 1 N–H and O–H groups in total. The monoisotopic (exact) mass is 439 g/mol. The minimum atomic E-state index is -0.444. The Kier molecular flexibility index (Phi) is 6.21. The lowest BCUT2D eigenvalue weighted by Crippen LogP contribution is -2.15. The number of esters is 1. The molecular formula is C24H22ClNO3S. The molecule has 4 nitrogen and oxygen atoms in total. The number of fused-ring (bicyclic) bond motifs is 1. The van der Waals surface area contributed by atoms with Crippen molar-refractivity contribution in [1.29, 1.82) is 0 Å². The van der Waals surface area contributed by atoms with E-state index in [0.29, 0.717) is 21.2 Å². The molecule has 0 spiro atoms. The molecule has 0 atom stereocenters. The largest absolute Gasteiger partial charge is 0.462 e. The van der Waals surface area contributed by atoms with Gasteiger partial charge in [0.15, 0.2) is 0 Å². The number of carbonyl (C=O) groups is 2. The van der Waals surface area contributed by atoms with Crippen molar-refractivity contribution in [3.8, 4) is 11.1 Å². The maximum Gasteiger partial charge on any atom is 0.341 e. The third kappa shape index (κ3) is 4.13. The van der Waals surface area contributed by atoms with E-state index in [9.17, 15) is 9.59 Å². The van der Waals surface area contributed by atoms with Crippen LogP contribution in [-0.2, 0) is 17.6 Å². The highest BCUT2D eigenvalue weighted by Gasteiger charge is 2.24. The number of carbonyl (C=O) groups excluding carboxylic acids is 2. The molecule has 1 aromatic heterocycles. The maximum absolute atomic E-state index is 12.8. The van der Waals surface area contributed by atoms with Crippen LogP contribution in [0.15, 0.2) is 47.8 Å². The van der Waals surface area contributed by atoms with Gasteiger partial charge in [-0.3, -0.25) is 4.79 Å². The minimum Gasteiger partial charge on any atom is -0.462 e. The van der Waals surface area contributed by atoms with Crippen molar-refractivity contribution < 1.29 is 14.3 Å². The summed E-state index contributed by atoms with van der Waals surface area (Å²) < 4.78 is 5.30. The lowest BCUT2D eigenvalue weighted by Gasteiger charge is -2.17. The molecule has 0 bridgehead atoms. The number of hydrogen-bond acceptors (Lipinski definition) is 4. The number of thiophene rings is 1. The third-order valence-corrected chi connectivity index (χ3v) is 6.50. The Balaban J connectivity index is 1.72. The molecule has 0 saturated heterocycles. The number of anilines is 1. The molecule has 154 valence electrons. The highest BCUT2D eigenvalue weighted by atomic mass is 35.5. The number of nitrogens with one attached hydrogen (secondary N) is 1. The average Bonchev–Trinajstić information content (AvgIpc) is 3.17. The lowest BCUT2D eigenvalue weighted by molar-refractivity contribution is 0.0529. The van der Waals surface area contributed by atoms with Gasteiger partial charge in [-0.05, 0) is 61.4 Å². The van der Waals surface area contributed by atoms with Gasteiger partial charge in [-0.2, -0.15) is 0 Å². The zero-order chi connectivity index (χ0) is 21.1. The first-order valence-electron chi connectivity index (χ1n) is 10.0. The van der Waals surface area contributed by atoms with E-state index in [-0.39, 0.29) is 12.5 Å². The summed E-state index contributed by atoms with van der Waals surface area (Å²) in [5.74, 6) is -0.800. The van der Waals surface area contributed by atoms with Crippen molar-refractivity contribution in [3.05, 3.63) is 75.1 Å². The molecule has 1 amide bonds. The summed E-state index contributed by atoms with van der Waals surface area (Å²) in [5.41, 5.74) is 5.21. The number of ether oxygens (including phenoxy) is 1.